The van der Waals surface area contributed by atoms with Crippen LogP contribution in [0.1, 0.15) is 32.6 Å². The van der Waals surface area contributed by atoms with E-state index in [1.165, 1.54) is 0 Å². The van der Waals surface area contributed by atoms with Gasteiger partial charge in [0.25, 0.3) is 0 Å². The molecule has 0 amide bonds. The van der Waals surface area contributed by atoms with Crippen LogP contribution < -0.4 is 5.73 Å². The van der Waals surface area contributed by atoms with Crippen LogP contribution in [0.15, 0.2) is 18.2 Å². The number of nitrogen functional groups attached to an aromatic ring is 1. The van der Waals surface area contributed by atoms with E-state index in [2.05, 4.69) is 4.98 Å². The summed E-state index contributed by atoms with van der Waals surface area (Å²) in [6.07, 6.45) is 0.748. The van der Waals surface area contributed by atoms with Gasteiger partial charge in [-0.2, -0.15) is 0 Å². The zero-order valence-electron chi connectivity index (χ0n) is 11.5. The van der Waals surface area contributed by atoms with Crippen LogP contribution in [-0.4, -0.2) is 22.1 Å². The minimum absolute atomic E-state index is 0.242. The lowest BCUT2D eigenvalue weighted by Crippen LogP contribution is -2.20. The highest BCUT2D eigenvalue weighted by atomic mass is 16.5. The second-order valence-corrected chi connectivity index (χ2v) is 4.43. The number of nitrogens with two attached hydrogens (primary N) is 1. The number of carbonyl (C=O) groups excluding carboxylic acids is 1. The molecule has 0 aliphatic heterocycles. The lowest BCUT2D eigenvalue weighted by atomic mass is 10.2. The van der Waals surface area contributed by atoms with Crippen LogP contribution in [0.25, 0.3) is 11.0 Å². The molecule has 0 saturated heterocycles. The van der Waals surface area contributed by atoms with E-state index in [0.717, 1.165) is 23.3 Å². The predicted octanol–water partition coefficient (Wildman–Crippen LogP) is 2.31. The number of fused-ring (bicyclic) bond motifs is 1. The number of anilines is 1. The van der Waals surface area contributed by atoms with Gasteiger partial charge in [0.05, 0.1) is 17.6 Å². The number of ether oxygens (including phenoxy) is 1. The number of hydrogen-bond donors (Lipinski definition) is 1. The Morgan fingerprint density at radius 1 is 1.47 bits per heavy atom. The molecule has 102 valence electrons. The number of imidazole rings is 1. The number of hydrogen-bond acceptors (Lipinski definition) is 4. The van der Waals surface area contributed by atoms with Crippen molar-refractivity contribution < 1.29 is 9.53 Å². The van der Waals surface area contributed by atoms with Gasteiger partial charge >= 0.3 is 5.97 Å². The minimum atomic E-state index is -0.386. The molecule has 1 atom stereocenters. The summed E-state index contributed by atoms with van der Waals surface area (Å²) in [7, 11) is 0. The number of esters is 1. The molecule has 0 radical (unpaired) electrons. The first-order valence-corrected chi connectivity index (χ1v) is 6.51. The molecule has 1 unspecified atom stereocenters. The van der Waals surface area contributed by atoms with Crippen molar-refractivity contribution in [1.29, 1.82) is 0 Å². The number of aryl methyl sites for hydroxylation is 1. The highest BCUT2D eigenvalue weighted by molar-refractivity contribution is 5.83. The fourth-order valence-corrected chi connectivity index (χ4v) is 2.22. The molecule has 0 spiro atoms. The Morgan fingerprint density at radius 2 is 2.21 bits per heavy atom. The van der Waals surface area contributed by atoms with Crippen molar-refractivity contribution in [3.8, 4) is 0 Å². The minimum Gasteiger partial charge on any atom is -0.464 e. The first kappa shape index (κ1) is 13.4. The fraction of sp³-hybridized carbons (Fsp3) is 0.429. The number of nitrogens with zero attached hydrogens (tertiary/aromatic N) is 2. The summed E-state index contributed by atoms with van der Waals surface area (Å²) >= 11 is 0. The van der Waals surface area contributed by atoms with E-state index in [4.69, 9.17) is 10.5 Å². The van der Waals surface area contributed by atoms with E-state index in [1.54, 1.807) is 6.92 Å². The topological polar surface area (TPSA) is 70.1 Å². The Balaban J connectivity index is 2.54. The third-order valence-electron chi connectivity index (χ3n) is 3.12. The zero-order valence-corrected chi connectivity index (χ0v) is 11.5. The largest absolute Gasteiger partial charge is 0.464 e. The zero-order chi connectivity index (χ0) is 14.0. The Labute approximate surface area is 112 Å². The third kappa shape index (κ3) is 2.41. The fourth-order valence-electron chi connectivity index (χ4n) is 2.22. The van der Waals surface area contributed by atoms with Gasteiger partial charge < -0.3 is 15.0 Å². The molecule has 1 aromatic carbocycles. The predicted molar refractivity (Wildman–Crippen MR) is 74.9 cm³/mol. The van der Waals surface area contributed by atoms with Crippen molar-refractivity contribution in [2.45, 2.75) is 33.2 Å². The van der Waals surface area contributed by atoms with Crippen LogP contribution in [-0.2, 0) is 16.0 Å². The van der Waals surface area contributed by atoms with E-state index < -0.39 is 0 Å². The second-order valence-electron chi connectivity index (χ2n) is 4.43. The monoisotopic (exact) mass is 261 g/mol. The summed E-state index contributed by atoms with van der Waals surface area (Å²) in [4.78, 5) is 16.5. The van der Waals surface area contributed by atoms with E-state index in [9.17, 15) is 4.79 Å². The van der Waals surface area contributed by atoms with E-state index in [0.29, 0.717) is 12.3 Å². The van der Waals surface area contributed by atoms with Gasteiger partial charge in [-0.3, -0.25) is 0 Å². The van der Waals surface area contributed by atoms with Crippen LogP contribution in [0.2, 0.25) is 0 Å². The van der Waals surface area contributed by atoms with Gasteiger partial charge in [0.15, 0.2) is 0 Å². The van der Waals surface area contributed by atoms with Crippen LogP contribution in [0.4, 0.5) is 5.69 Å². The van der Waals surface area contributed by atoms with Crippen LogP contribution in [0.5, 0.6) is 0 Å². The van der Waals surface area contributed by atoms with E-state index in [-0.39, 0.29) is 12.0 Å². The molecule has 19 heavy (non-hydrogen) atoms. The van der Waals surface area contributed by atoms with Crippen molar-refractivity contribution in [3.63, 3.8) is 0 Å². The molecule has 2 rings (SSSR count). The Bertz CT molecular complexity index is 604. The Kier molecular flexibility index (Phi) is 3.74. The highest BCUT2D eigenvalue weighted by Gasteiger charge is 2.21. The first-order chi connectivity index (χ1) is 9.08. The molecule has 5 heteroatoms. The second kappa shape index (κ2) is 5.30. The maximum absolute atomic E-state index is 11.9. The van der Waals surface area contributed by atoms with E-state index >= 15 is 0 Å². The Hall–Kier alpha value is -2.04. The summed E-state index contributed by atoms with van der Waals surface area (Å²) in [6, 6.07) is 5.15. The molecule has 0 saturated carbocycles. The van der Waals surface area contributed by atoms with Gasteiger partial charge in [-0.1, -0.05) is 6.92 Å². The van der Waals surface area contributed by atoms with Crippen LogP contribution >= 0.6 is 0 Å². The summed E-state index contributed by atoms with van der Waals surface area (Å²) < 4.78 is 7.01. The summed E-state index contributed by atoms with van der Waals surface area (Å²) in [5.74, 6) is 0.620. The molecule has 1 aromatic heterocycles. The molecular formula is C14H19N3O2. The lowest BCUT2D eigenvalue weighted by Gasteiger charge is -2.15. The molecular weight excluding hydrogens is 242 g/mol. The molecule has 2 N–H and O–H groups in total. The normalized spacial score (nSPS) is 12.6. The number of benzene rings is 1. The van der Waals surface area contributed by atoms with Gasteiger partial charge in [-0.15, -0.1) is 0 Å². The van der Waals surface area contributed by atoms with Crippen molar-refractivity contribution >= 4 is 22.7 Å². The summed E-state index contributed by atoms with van der Waals surface area (Å²) in [5, 5.41) is 0. The molecule has 0 fully saturated rings. The average molecular weight is 261 g/mol. The van der Waals surface area contributed by atoms with Gasteiger partial charge in [0, 0.05) is 12.1 Å². The van der Waals surface area contributed by atoms with Crippen molar-refractivity contribution in [2.24, 2.45) is 0 Å². The molecule has 0 aliphatic carbocycles. The summed E-state index contributed by atoms with van der Waals surface area (Å²) in [6.45, 7) is 6.02. The number of rotatable bonds is 4. The van der Waals surface area contributed by atoms with Gasteiger partial charge in [0.2, 0.25) is 0 Å². The SMILES string of the molecule is CCOC(=O)C(C)n1c(CC)nc2cc(N)ccc21. The number of aromatic nitrogens is 2. The van der Waals surface area contributed by atoms with Crippen molar-refractivity contribution in [1.82, 2.24) is 9.55 Å². The van der Waals surface area contributed by atoms with Crippen LogP contribution in [0.3, 0.4) is 0 Å². The first-order valence-electron chi connectivity index (χ1n) is 6.51. The van der Waals surface area contributed by atoms with E-state index in [1.807, 2.05) is 36.6 Å². The molecule has 5 nitrogen and oxygen atoms in total. The molecule has 1 heterocycles. The average Bonchev–Trinajstić information content (AvgIpc) is 2.75. The van der Waals surface area contributed by atoms with Gasteiger partial charge in [-0.25, -0.2) is 9.78 Å². The quantitative estimate of drug-likeness (QED) is 0.677. The maximum Gasteiger partial charge on any atom is 0.328 e. The Morgan fingerprint density at radius 3 is 2.84 bits per heavy atom. The molecule has 0 aliphatic rings. The molecule has 2 aromatic rings. The van der Waals surface area contributed by atoms with Gasteiger partial charge in [-0.05, 0) is 32.0 Å². The maximum atomic E-state index is 11.9. The van der Waals surface area contributed by atoms with Gasteiger partial charge in [0.1, 0.15) is 11.9 Å². The van der Waals surface area contributed by atoms with Crippen molar-refractivity contribution in [2.75, 3.05) is 12.3 Å². The third-order valence-corrected chi connectivity index (χ3v) is 3.12. The lowest BCUT2D eigenvalue weighted by molar-refractivity contribution is -0.146. The van der Waals surface area contributed by atoms with Crippen LogP contribution in [0, 0.1) is 0 Å². The smallest absolute Gasteiger partial charge is 0.328 e. The van der Waals surface area contributed by atoms with Crippen molar-refractivity contribution in [3.05, 3.63) is 24.0 Å². The summed E-state index contributed by atoms with van der Waals surface area (Å²) in [5.41, 5.74) is 8.16. The molecule has 0 bridgehead atoms. The number of carbonyl (C=O) groups is 1. The standard InChI is InChI=1S/C14H19N3O2/c1-4-13-16-11-8-10(15)6-7-12(11)17(13)9(3)14(18)19-5-2/h6-9H,4-5,15H2,1-3H3. The highest BCUT2D eigenvalue weighted by Crippen LogP contribution is 2.24.